The van der Waals surface area contributed by atoms with Gasteiger partial charge in [-0.15, -0.1) is 0 Å². The number of Topliss-reactive ketones (excluding diaryl/α,β-unsaturated/α-hetero) is 1. The number of methoxy groups -OCH3 is 1. The molecular weight excluding hydrogens is 256 g/mol. The van der Waals surface area contributed by atoms with Gasteiger partial charge < -0.3 is 15.0 Å². The van der Waals surface area contributed by atoms with Crippen LogP contribution in [0.4, 0.5) is 0 Å². The lowest BCUT2D eigenvalue weighted by Crippen LogP contribution is -2.28. The van der Waals surface area contributed by atoms with Gasteiger partial charge in [-0.25, -0.2) is 0 Å². The molecule has 1 fully saturated rings. The fraction of sp³-hybridized carbons (Fsp3) is 0.714. The third-order valence-electron chi connectivity index (χ3n) is 3.46. The number of hydrogen-bond acceptors (Lipinski definition) is 5. The van der Waals surface area contributed by atoms with E-state index >= 15 is 0 Å². The lowest BCUT2D eigenvalue weighted by atomic mass is 10.2. The average Bonchev–Trinajstić information content (AvgIpc) is 3.14. The maximum Gasteiger partial charge on any atom is 0.198 e. The Morgan fingerprint density at radius 3 is 2.90 bits per heavy atom. The van der Waals surface area contributed by atoms with Gasteiger partial charge >= 0.3 is 0 Å². The monoisotopic (exact) mass is 280 g/mol. The predicted molar refractivity (Wildman–Crippen MR) is 77.3 cm³/mol. The largest absolute Gasteiger partial charge is 0.493 e. The van der Waals surface area contributed by atoms with Crippen LogP contribution in [0.3, 0.4) is 0 Å². The van der Waals surface area contributed by atoms with Crippen LogP contribution in [0.15, 0.2) is 6.20 Å². The minimum atomic E-state index is 0.0405. The van der Waals surface area contributed by atoms with Crippen LogP contribution in [0.25, 0.3) is 0 Å². The predicted octanol–water partition coefficient (Wildman–Crippen LogP) is 0.636. The van der Waals surface area contributed by atoms with E-state index in [9.17, 15) is 4.79 Å². The second-order valence-corrected chi connectivity index (χ2v) is 5.59. The van der Waals surface area contributed by atoms with E-state index in [1.807, 2.05) is 14.1 Å². The maximum atomic E-state index is 12.3. The molecule has 1 N–H and O–H groups in total. The molecule has 1 aliphatic carbocycles. The Labute approximate surface area is 120 Å². The third kappa shape index (κ3) is 4.05. The van der Waals surface area contributed by atoms with E-state index in [-0.39, 0.29) is 5.78 Å². The highest BCUT2D eigenvalue weighted by atomic mass is 16.5. The van der Waals surface area contributed by atoms with Crippen molar-refractivity contribution >= 4 is 5.78 Å². The topological polar surface area (TPSA) is 59.4 Å². The summed E-state index contributed by atoms with van der Waals surface area (Å²) < 4.78 is 6.98. The number of nitrogens with one attached hydrogen (secondary N) is 1. The van der Waals surface area contributed by atoms with Gasteiger partial charge in [-0.1, -0.05) is 0 Å². The third-order valence-corrected chi connectivity index (χ3v) is 3.46. The molecule has 0 saturated heterocycles. The number of ether oxygens (including phenoxy) is 1. The number of carbonyl (C=O) groups is 1. The van der Waals surface area contributed by atoms with Gasteiger partial charge in [-0.05, 0) is 39.4 Å². The Morgan fingerprint density at radius 1 is 1.55 bits per heavy atom. The Kier molecular flexibility index (Phi) is 5.14. The summed E-state index contributed by atoms with van der Waals surface area (Å²) in [5.41, 5.74) is 0.567. The molecule has 0 bridgehead atoms. The van der Waals surface area contributed by atoms with E-state index in [2.05, 4.69) is 15.3 Å². The number of aromatic nitrogens is 2. The van der Waals surface area contributed by atoms with E-state index in [0.29, 0.717) is 24.5 Å². The van der Waals surface area contributed by atoms with Crippen LogP contribution in [0.2, 0.25) is 0 Å². The van der Waals surface area contributed by atoms with Crippen molar-refractivity contribution in [3.05, 3.63) is 11.9 Å². The Bertz CT molecular complexity index is 452. The van der Waals surface area contributed by atoms with Gasteiger partial charge in [0.25, 0.3) is 0 Å². The molecule has 6 nitrogen and oxygen atoms in total. The summed E-state index contributed by atoms with van der Waals surface area (Å²) in [4.78, 5) is 14.4. The first-order valence-corrected chi connectivity index (χ1v) is 7.10. The van der Waals surface area contributed by atoms with Crippen molar-refractivity contribution in [2.24, 2.45) is 5.92 Å². The van der Waals surface area contributed by atoms with E-state index in [4.69, 9.17) is 4.74 Å². The fourth-order valence-electron chi connectivity index (χ4n) is 2.06. The number of nitrogens with zero attached hydrogens (tertiary/aromatic N) is 3. The van der Waals surface area contributed by atoms with E-state index in [1.165, 1.54) is 12.8 Å². The standard InChI is InChI=1S/C14H24N4O2/c1-17(2)6-7-18-14(13(20-3)10-16-18)12(19)9-15-8-11-4-5-11/h10-11,15H,4-9H2,1-3H3. The second-order valence-electron chi connectivity index (χ2n) is 5.59. The molecule has 0 amide bonds. The molecule has 0 unspecified atom stereocenters. The van der Waals surface area contributed by atoms with E-state index in [1.54, 1.807) is 18.0 Å². The van der Waals surface area contributed by atoms with Crippen molar-refractivity contribution in [1.29, 1.82) is 0 Å². The van der Waals surface area contributed by atoms with Crippen molar-refractivity contribution in [2.45, 2.75) is 19.4 Å². The molecule has 0 radical (unpaired) electrons. The molecule has 1 saturated carbocycles. The van der Waals surface area contributed by atoms with Crippen molar-refractivity contribution < 1.29 is 9.53 Å². The normalized spacial score (nSPS) is 14.8. The SMILES string of the molecule is COc1cnn(CCN(C)C)c1C(=O)CNCC1CC1. The zero-order valence-electron chi connectivity index (χ0n) is 12.6. The fourth-order valence-corrected chi connectivity index (χ4v) is 2.06. The first kappa shape index (κ1) is 15.0. The molecule has 0 atom stereocenters. The molecule has 112 valence electrons. The first-order chi connectivity index (χ1) is 9.61. The lowest BCUT2D eigenvalue weighted by molar-refractivity contribution is 0.0976. The number of hydrogen-bond donors (Lipinski definition) is 1. The van der Waals surface area contributed by atoms with Gasteiger partial charge in [0.15, 0.2) is 11.5 Å². The summed E-state index contributed by atoms with van der Waals surface area (Å²) in [5, 5.41) is 7.47. The summed E-state index contributed by atoms with van der Waals surface area (Å²) in [5.74, 6) is 1.36. The molecule has 1 heterocycles. The first-order valence-electron chi connectivity index (χ1n) is 7.10. The van der Waals surface area contributed by atoms with Crippen molar-refractivity contribution in [2.75, 3.05) is 40.8 Å². The summed E-state index contributed by atoms with van der Waals surface area (Å²) >= 11 is 0. The summed E-state index contributed by atoms with van der Waals surface area (Å²) in [6.07, 6.45) is 4.18. The molecule has 0 aliphatic heterocycles. The molecule has 2 rings (SSSR count). The van der Waals surface area contributed by atoms with Crippen molar-refractivity contribution in [3.8, 4) is 5.75 Å². The zero-order chi connectivity index (χ0) is 14.5. The lowest BCUT2D eigenvalue weighted by Gasteiger charge is -2.12. The minimum absolute atomic E-state index is 0.0405. The van der Waals surface area contributed by atoms with Crippen LogP contribution >= 0.6 is 0 Å². The van der Waals surface area contributed by atoms with Crippen LogP contribution in [0.5, 0.6) is 5.75 Å². The molecule has 6 heteroatoms. The summed E-state index contributed by atoms with van der Waals surface area (Å²) in [6.45, 7) is 2.79. The highest BCUT2D eigenvalue weighted by molar-refractivity contribution is 5.98. The van der Waals surface area contributed by atoms with Crippen LogP contribution in [-0.4, -0.2) is 61.3 Å². The molecule has 1 aromatic rings. The Morgan fingerprint density at radius 2 is 2.30 bits per heavy atom. The highest BCUT2D eigenvalue weighted by Gasteiger charge is 2.23. The molecular formula is C14H24N4O2. The number of ketones is 1. The highest BCUT2D eigenvalue weighted by Crippen LogP contribution is 2.27. The second kappa shape index (κ2) is 6.85. The molecule has 20 heavy (non-hydrogen) atoms. The van der Waals surface area contributed by atoms with Crippen LogP contribution in [0, 0.1) is 5.92 Å². The van der Waals surface area contributed by atoms with Gasteiger partial charge in [0, 0.05) is 6.54 Å². The van der Waals surface area contributed by atoms with Crippen LogP contribution < -0.4 is 10.1 Å². The molecule has 1 aliphatic rings. The van der Waals surface area contributed by atoms with Gasteiger partial charge in [-0.2, -0.15) is 5.10 Å². The maximum absolute atomic E-state index is 12.3. The van der Waals surface area contributed by atoms with Gasteiger partial charge in [0.05, 0.1) is 26.4 Å². The van der Waals surface area contributed by atoms with Crippen molar-refractivity contribution in [1.82, 2.24) is 20.0 Å². The van der Waals surface area contributed by atoms with Gasteiger partial charge in [0.2, 0.25) is 0 Å². The molecule has 1 aromatic heterocycles. The number of likely N-dealkylation sites (N-methyl/N-ethyl adjacent to an activating group) is 1. The number of carbonyl (C=O) groups excluding carboxylic acids is 1. The molecule has 0 aromatic carbocycles. The summed E-state index contributed by atoms with van der Waals surface area (Å²) in [6, 6.07) is 0. The summed E-state index contributed by atoms with van der Waals surface area (Å²) in [7, 11) is 5.57. The molecule has 0 spiro atoms. The van der Waals surface area contributed by atoms with E-state index < -0.39 is 0 Å². The Hall–Kier alpha value is -1.40. The van der Waals surface area contributed by atoms with Crippen LogP contribution in [-0.2, 0) is 6.54 Å². The smallest absolute Gasteiger partial charge is 0.198 e. The van der Waals surface area contributed by atoms with Gasteiger partial charge in [0.1, 0.15) is 5.69 Å². The quantitative estimate of drug-likeness (QED) is 0.673. The zero-order valence-corrected chi connectivity index (χ0v) is 12.6. The Balaban J connectivity index is 1.97. The average molecular weight is 280 g/mol. The van der Waals surface area contributed by atoms with Crippen LogP contribution in [0.1, 0.15) is 23.3 Å². The number of rotatable bonds is 9. The minimum Gasteiger partial charge on any atom is -0.493 e. The van der Waals surface area contributed by atoms with E-state index in [0.717, 1.165) is 19.0 Å². The van der Waals surface area contributed by atoms with Gasteiger partial charge in [-0.3, -0.25) is 9.48 Å². The van der Waals surface area contributed by atoms with Crippen molar-refractivity contribution in [3.63, 3.8) is 0 Å².